The van der Waals surface area contributed by atoms with Gasteiger partial charge in [0, 0.05) is 33.4 Å². The fourth-order valence-corrected chi connectivity index (χ4v) is 7.92. The van der Waals surface area contributed by atoms with E-state index in [9.17, 15) is 4.79 Å². The standard InChI is InChI=1S/C50H99NO5.CH4O/c1-7-9-11-13-15-17-19-21-23-25-27-29-31-33-35-37-40-53-47-43-51(49(52)55-42-39-50(5,6)56-45-46(3)4)44-48(47)54-41-38-36-34-32-30-28-26-24-22-20-18-16-14-12-10-8-2;1-2/h46-48H,7-45H2,1-6H3;2H,1H3. The van der Waals surface area contributed by atoms with Crippen LogP contribution in [0.15, 0.2) is 0 Å². The number of aliphatic hydroxyl groups excluding tert-OH is 1. The van der Waals surface area contributed by atoms with Crippen molar-refractivity contribution in [3.63, 3.8) is 0 Å². The van der Waals surface area contributed by atoms with Crippen LogP contribution in [0.3, 0.4) is 0 Å². The highest BCUT2D eigenvalue weighted by molar-refractivity contribution is 5.68. The third kappa shape index (κ3) is 36.9. The zero-order chi connectivity index (χ0) is 42.8. The van der Waals surface area contributed by atoms with Gasteiger partial charge in [-0.15, -0.1) is 0 Å². The Morgan fingerprint density at radius 2 is 0.810 bits per heavy atom. The lowest BCUT2D eigenvalue weighted by Gasteiger charge is -2.26. The fraction of sp³-hybridized carbons (Fsp3) is 0.980. The summed E-state index contributed by atoms with van der Waals surface area (Å²) in [5.41, 5.74) is -0.313. The van der Waals surface area contributed by atoms with Gasteiger partial charge in [-0.1, -0.05) is 220 Å². The summed E-state index contributed by atoms with van der Waals surface area (Å²) in [6.07, 6.45) is 44.0. The van der Waals surface area contributed by atoms with Crippen LogP contribution in [0.2, 0.25) is 0 Å². The van der Waals surface area contributed by atoms with Gasteiger partial charge >= 0.3 is 6.09 Å². The molecule has 0 aliphatic carbocycles. The highest BCUT2D eigenvalue weighted by atomic mass is 16.6. The maximum absolute atomic E-state index is 13.1. The molecule has 348 valence electrons. The molecular weight excluding hydrogens is 723 g/mol. The Morgan fingerprint density at radius 1 is 0.517 bits per heavy atom. The Labute approximate surface area is 362 Å². The third-order valence-electron chi connectivity index (χ3n) is 11.9. The number of unbranched alkanes of at least 4 members (excludes halogenated alkanes) is 30. The van der Waals surface area contributed by atoms with Crippen molar-refractivity contribution in [3.8, 4) is 0 Å². The summed E-state index contributed by atoms with van der Waals surface area (Å²) in [7, 11) is 1.00. The second-order valence-electron chi connectivity index (χ2n) is 18.7. The highest BCUT2D eigenvalue weighted by Gasteiger charge is 2.37. The summed E-state index contributed by atoms with van der Waals surface area (Å²) in [5.74, 6) is 0.480. The Bertz CT molecular complexity index is 792. The van der Waals surface area contributed by atoms with E-state index in [1.165, 1.54) is 193 Å². The number of aliphatic hydroxyl groups is 1. The van der Waals surface area contributed by atoms with Gasteiger partial charge in [-0.05, 0) is 32.6 Å². The highest BCUT2D eigenvalue weighted by Crippen LogP contribution is 2.22. The second-order valence-corrected chi connectivity index (χ2v) is 18.7. The number of amides is 1. The molecule has 0 radical (unpaired) electrons. The predicted molar refractivity (Wildman–Crippen MR) is 249 cm³/mol. The summed E-state index contributed by atoms with van der Waals surface area (Å²) in [6, 6.07) is 0. The largest absolute Gasteiger partial charge is 0.449 e. The first-order valence-electron chi connectivity index (χ1n) is 25.5. The topological polar surface area (TPSA) is 77.5 Å². The third-order valence-corrected chi connectivity index (χ3v) is 11.9. The van der Waals surface area contributed by atoms with Crippen molar-refractivity contribution >= 4 is 6.09 Å². The average molecular weight is 826 g/mol. The van der Waals surface area contributed by atoms with Crippen LogP contribution in [0.5, 0.6) is 0 Å². The van der Waals surface area contributed by atoms with Crippen molar-refractivity contribution < 1.29 is 28.8 Å². The summed E-state index contributed by atoms with van der Waals surface area (Å²) in [5, 5.41) is 7.00. The van der Waals surface area contributed by atoms with E-state index in [1.807, 2.05) is 0 Å². The molecule has 1 N–H and O–H groups in total. The van der Waals surface area contributed by atoms with Crippen LogP contribution in [0, 0.1) is 5.92 Å². The van der Waals surface area contributed by atoms with Gasteiger partial charge in [0.2, 0.25) is 0 Å². The van der Waals surface area contributed by atoms with Gasteiger partial charge in [-0.3, -0.25) is 0 Å². The van der Waals surface area contributed by atoms with E-state index in [0.717, 1.165) is 33.2 Å². The first kappa shape index (κ1) is 57.1. The second kappa shape index (κ2) is 42.8. The summed E-state index contributed by atoms with van der Waals surface area (Å²) < 4.78 is 24.6. The van der Waals surface area contributed by atoms with E-state index in [0.29, 0.717) is 38.6 Å². The molecule has 2 unspecified atom stereocenters. The van der Waals surface area contributed by atoms with E-state index in [4.69, 9.17) is 24.1 Å². The molecule has 1 amide bonds. The smallest absolute Gasteiger partial charge is 0.409 e. The van der Waals surface area contributed by atoms with E-state index in [1.54, 1.807) is 4.90 Å². The van der Waals surface area contributed by atoms with E-state index >= 15 is 0 Å². The maximum atomic E-state index is 13.1. The number of ether oxygens (including phenoxy) is 4. The Balaban J connectivity index is 0.0000160. The SMILES string of the molecule is CCCCCCCCCCCCCCCCCCOC1CN(C(=O)OCCC(C)(C)OCC(C)C)CC1OCCCCCCCCCCCCCCCCCC.CO. The lowest BCUT2D eigenvalue weighted by molar-refractivity contribution is -0.0481. The first-order chi connectivity index (χ1) is 28.3. The Hall–Kier alpha value is -0.890. The molecular formula is C51H103NO6. The molecule has 1 aliphatic rings. The first-order valence-corrected chi connectivity index (χ1v) is 25.5. The van der Waals surface area contributed by atoms with Crippen LogP contribution < -0.4 is 0 Å². The van der Waals surface area contributed by atoms with E-state index < -0.39 is 0 Å². The Kier molecular flexibility index (Phi) is 42.1. The minimum absolute atomic E-state index is 0.0780. The monoisotopic (exact) mass is 826 g/mol. The maximum Gasteiger partial charge on any atom is 0.409 e. The molecule has 1 saturated heterocycles. The van der Waals surface area contributed by atoms with E-state index in [-0.39, 0.29) is 23.9 Å². The van der Waals surface area contributed by atoms with Gasteiger partial charge in [0.1, 0.15) is 12.2 Å². The Morgan fingerprint density at radius 3 is 1.10 bits per heavy atom. The normalized spacial score (nSPS) is 15.6. The molecule has 7 heteroatoms. The number of nitrogens with zero attached hydrogens (tertiary/aromatic N) is 1. The van der Waals surface area contributed by atoms with Crippen molar-refractivity contribution in [3.05, 3.63) is 0 Å². The molecule has 0 aromatic rings. The van der Waals surface area contributed by atoms with Crippen molar-refractivity contribution in [1.29, 1.82) is 0 Å². The number of rotatable bonds is 42. The predicted octanol–water partition coefficient (Wildman–Crippen LogP) is 15.2. The summed E-state index contributed by atoms with van der Waals surface area (Å²) in [6.45, 7) is 16.7. The lowest BCUT2D eigenvalue weighted by Crippen LogP contribution is -2.33. The van der Waals surface area contributed by atoms with Crippen LogP contribution in [-0.4, -0.2) is 80.5 Å². The quantitative estimate of drug-likeness (QED) is 0.0618. The summed E-state index contributed by atoms with van der Waals surface area (Å²) in [4.78, 5) is 14.9. The average Bonchev–Trinajstić information content (AvgIpc) is 3.63. The molecule has 1 aliphatic heterocycles. The van der Waals surface area contributed by atoms with Crippen LogP contribution in [0.1, 0.15) is 253 Å². The van der Waals surface area contributed by atoms with Crippen molar-refractivity contribution in [2.24, 2.45) is 5.92 Å². The molecule has 1 heterocycles. The molecule has 2 atom stereocenters. The van der Waals surface area contributed by atoms with Crippen molar-refractivity contribution in [2.75, 3.05) is 46.6 Å². The number of hydrogen-bond acceptors (Lipinski definition) is 6. The molecule has 58 heavy (non-hydrogen) atoms. The van der Waals surface area contributed by atoms with Gasteiger partial charge in [-0.25, -0.2) is 4.79 Å². The molecule has 1 rings (SSSR count). The van der Waals surface area contributed by atoms with Gasteiger partial charge in [0.15, 0.2) is 0 Å². The number of likely N-dealkylation sites (tertiary alicyclic amines) is 1. The number of hydrogen-bond donors (Lipinski definition) is 1. The van der Waals surface area contributed by atoms with Crippen LogP contribution in [-0.2, 0) is 18.9 Å². The molecule has 0 aromatic carbocycles. The van der Waals surface area contributed by atoms with Gasteiger partial charge in [0.05, 0.1) is 25.3 Å². The van der Waals surface area contributed by atoms with Crippen molar-refractivity contribution in [1.82, 2.24) is 4.90 Å². The van der Waals surface area contributed by atoms with Crippen LogP contribution >= 0.6 is 0 Å². The van der Waals surface area contributed by atoms with Crippen LogP contribution in [0.25, 0.3) is 0 Å². The van der Waals surface area contributed by atoms with Crippen LogP contribution in [0.4, 0.5) is 4.79 Å². The zero-order valence-electron chi connectivity index (χ0n) is 40.2. The van der Waals surface area contributed by atoms with Gasteiger partial charge in [-0.2, -0.15) is 0 Å². The van der Waals surface area contributed by atoms with E-state index in [2.05, 4.69) is 41.5 Å². The fourth-order valence-electron chi connectivity index (χ4n) is 7.92. The molecule has 1 fully saturated rings. The lowest BCUT2D eigenvalue weighted by atomic mass is 10.0. The molecule has 7 nitrogen and oxygen atoms in total. The minimum Gasteiger partial charge on any atom is -0.449 e. The molecule has 0 saturated carbocycles. The van der Waals surface area contributed by atoms with Gasteiger partial charge < -0.3 is 29.0 Å². The summed E-state index contributed by atoms with van der Waals surface area (Å²) >= 11 is 0. The molecule has 0 aromatic heterocycles. The minimum atomic E-state index is -0.313. The zero-order valence-corrected chi connectivity index (χ0v) is 40.2. The van der Waals surface area contributed by atoms with Crippen molar-refractivity contribution in [2.45, 2.75) is 271 Å². The molecule has 0 spiro atoms. The molecule has 0 bridgehead atoms. The van der Waals surface area contributed by atoms with Gasteiger partial charge in [0.25, 0.3) is 0 Å². The number of carbonyl (C=O) groups excluding carboxylic acids is 1. The number of carbonyl (C=O) groups is 1.